The van der Waals surface area contributed by atoms with E-state index >= 15 is 0 Å². The molecule has 0 aromatic heterocycles. The zero-order chi connectivity index (χ0) is 15.4. The Labute approximate surface area is 134 Å². The molecule has 1 aliphatic heterocycles. The van der Waals surface area contributed by atoms with Crippen molar-refractivity contribution in [2.24, 2.45) is 0 Å². The van der Waals surface area contributed by atoms with E-state index in [1.54, 1.807) is 0 Å². The third-order valence-electron chi connectivity index (χ3n) is 3.72. The zero-order valence-electron chi connectivity index (χ0n) is 11.8. The van der Waals surface area contributed by atoms with Crippen LogP contribution in [0.4, 0.5) is 11.4 Å². The lowest BCUT2D eigenvalue weighted by atomic mass is 10.1. The van der Waals surface area contributed by atoms with Crippen molar-refractivity contribution in [1.29, 1.82) is 0 Å². The Hall–Kier alpha value is -1.40. The molecule has 1 aliphatic rings. The lowest BCUT2D eigenvalue weighted by Gasteiger charge is -2.30. The van der Waals surface area contributed by atoms with E-state index < -0.39 is 4.92 Å². The first kappa shape index (κ1) is 16.0. The van der Waals surface area contributed by atoms with Gasteiger partial charge in [-0.15, -0.1) is 0 Å². The van der Waals surface area contributed by atoms with Gasteiger partial charge in [-0.25, -0.2) is 0 Å². The van der Waals surface area contributed by atoms with E-state index in [-0.39, 0.29) is 5.69 Å². The van der Waals surface area contributed by atoms with E-state index in [0.29, 0.717) is 21.9 Å². The molecule has 0 saturated carbocycles. The number of benzene rings is 1. The third-order valence-corrected chi connectivity index (χ3v) is 4.38. The van der Waals surface area contributed by atoms with Gasteiger partial charge in [0.1, 0.15) is 0 Å². The van der Waals surface area contributed by atoms with Crippen LogP contribution in [0.2, 0.25) is 5.02 Å². The highest BCUT2D eigenvalue weighted by molar-refractivity contribution is 7.80. The highest BCUT2D eigenvalue weighted by Crippen LogP contribution is 2.27. The summed E-state index contributed by atoms with van der Waals surface area (Å²) in [5.41, 5.74) is 0.473. The highest BCUT2D eigenvalue weighted by atomic mass is 35.5. The quantitative estimate of drug-likeness (QED) is 0.501. The van der Waals surface area contributed by atoms with E-state index in [9.17, 15) is 10.1 Å². The number of likely N-dealkylation sites (tertiary alicyclic amines) is 1. The summed E-state index contributed by atoms with van der Waals surface area (Å²) in [5, 5.41) is 14.9. The average Bonchev–Trinajstić information content (AvgIpc) is 2.65. The van der Waals surface area contributed by atoms with Crippen molar-refractivity contribution in [2.75, 3.05) is 11.9 Å². The topological polar surface area (TPSA) is 58.4 Å². The second-order valence-electron chi connectivity index (χ2n) is 5.24. The Balaban J connectivity index is 2.14. The number of anilines is 1. The van der Waals surface area contributed by atoms with Crippen molar-refractivity contribution in [1.82, 2.24) is 4.90 Å². The molecule has 5 nitrogen and oxygen atoms in total. The molecule has 2 rings (SSSR count). The molecule has 0 spiro atoms. The van der Waals surface area contributed by atoms with Crippen LogP contribution in [0.1, 0.15) is 32.6 Å². The molecule has 21 heavy (non-hydrogen) atoms. The summed E-state index contributed by atoms with van der Waals surface area (Å²) >= 11 is 11.5. The number of non-ortho nitro benzene ring substituents is 1. The molecule has 1 unspecified atom stereocenters. The van der Waals surface area contributed by atoms with Crippen LogP contribution in [0, 0.1) is 10.1 Å². The Morgan fingerprint density at radius 3 is 2.95 bits per heavy atom. The fraction of sp³-hybridized carbons (Fsp3) is 0.500. The largest absolute Gasteiger partial charge is 0.346 e. The number of hydrogen-bond acceptors (Lipinski definition) is 3. The third kappa shape index (κ3) is 4.04. The van der Waals surface area contributed by atoms with E-state index in [2.05, 4.69) is 17.1 Å². The van der Waals surface area contributed by atoms with Crippen LogP contribution in [0.5, 0.6) is 0 Å². The lowest BCUT2D eigenvalue weighted by Crippen LogP contribution is -2.41. The van der Waals surface area contributed by atoms with Gasteiger partial charge >= 0.3 is 0 Å². The first-order chi connectivity index (χ1) is 9.99. The number of rotatable bonds is 2. The van der Waals surface area contributed by atoms with E-state index in [1.807, 2.05) is 0 Å². The Bertz CT molecular complexity index is 553. The first-order valence-electron chi connectivity index (χ1n) is 7.00. The molecule has 1 fully saturated rings. The van der Waals surface area contributed by atoms with Crippen LogP contribution < -0.4 is 5.32 Å². The maximum Gasteiger partial charge on any atom is 0.271 e. The molecule has 0 bridgehead atoms. The van der Waals surface area contributed by atoms with E-state index in [0.717, 1.165) is 19.4 Å². The molecule has 1 saturated heterocycles. The predicted octanol–water partition coefficient (Wildman–Crippen LogP) is 4.21. The number of hydrogen-bond donors (Lipinski definition) is 1. The van der Waals surface area contributed by atoms with Gasteiger partial charge in [0.05, 0.1) is 15.6 Å². The molecule has 0 amide bonds. The van der Waals surface area contributed by atoms with Crippen LogP contribution in [-0.4, -0.2) is 27.5 Å². The van der Waals surface area contributed by atoms with Gasteiger partial charge in [0.15, 0.2) is 5.11 Å². The second-order valence-corrected chi connectivity index (χ2v) is 6.04. The monoisotopic (exact) mass is 327 g/mol. The molecule has 0 aliphatic carbocycles. The van der Waals surface area contributed by atoms with Crippen LogP contribution in [0.25, 0.3) is 0 Å². The summed E-state index contributed by atoms with van der Waals surface area (Å²) in [7, 11) is 0. The fourth-order valence-electron chi connectivity index (χ4n) is 2.49. The minimum atomic E-state index is -0.445. The van der Waals surface area contributed by atoms with Crippen molar-refractivity contribution in [3.63, 3.8) is 0 Å². The molecular formula is C14H18ClN3O2S. The van der Waals surface area contributed by atoms with Gasteiger partial charge in [0.25, 0.3) is 5.69 Å². The van der Waals surface area contributed by atoms with Gasteiger partial charge in [-0.1, -0.05) is 24.4 Å². The SMILES string of the molecule is CC1CCCCCN1C(=S)Nc1cc([N+](=O)[O-])ccc1Cl. The number of thiocarbonyl (C=S) groups is 1. The summed E-state index contributed by atoms with van der Waals surface area (Å²) in [5.74, 6) is 0. The molecule has 1 atom stereocenters. The number of nitro groups is 1. The molecule has 1 N–H and O–H groups in total. The zero-order valence-corrected chi connectivity index (χ0v) is 13.4. The number of nitro benzene ring substituents is 1. The first-order valence-corrected chi connectivity index (χ1v) is 7.79. The maximum absolute atomic E-state index is 10.8. The second kappa shape index (κ2) is 7.04. The van der Waals surface area contributed by atoms with Gasteiger partial charge in [-0.05, 0) is 38.0 Å². The van der Waals surface area contributed by atoms with Crippen LogP contribution in [0.15, 0.2) is 18.2 Å². The number of nitrogens with one attached hydrogen (secondary N) is 1. The average molecular weight is 328 g/mol. The number of nitrogens with zero attached hydrogens (tertiary/aromatic N) is 2. The molecule has 114 valence electrons. The molecular weight excluding hydrogens is 310 g/mol. The molecule has 1 aromatic rings. The van der Waals surface area contributed by atoms with Crippen LogP contribution >= 0.6 is 23.8 Å². The minimum Gasteiger partial charge on any atom is -0.346 e. The normalized spacial score (nSPS) is 19.0. The maximum atomic E-state index is 10.8. The smallest absolute Gasteiger partial charge is 0.271 e. The lowest BCUT2D eigenvalue weighted by molar-refractivity contribution is -0.384. The summed E-state index contributed by atoms with van der Waals surface area (Å²) in [6.45, 7) is 3.05. The predicted molar refractivity (Wildman–Crippen MR) is 89.0 cm³/mol. The van der Waals surface area contributed by atoms with Gasteiger partial charge in [0, 0.05) is 24.7 Å². The molecule has 7 heteroatoms. The summed E-state index contributed by atoms with van der Waals surface area (Å²) in [6, 6.07) is 4.67. The molecule has 1 aromatic carbocycles. The molecule has 1 heterocycles. The van der Waals surface area contributed by atoms with Crippen molar-refractivity contribution >= 4 is 40.3 Å². The summed E-state index contributed by atoms with van der Waals surface area (Å²) < 4.78 is 0. The Morgan fingerprint density at radius 1 is 1.48 bits per heavy atom. The van der Waals surface area contributed by atoms with Crippen LogP contribution in [0.3, 0.4) is 0 Å². The van der Waals surface area contributed by atoms with Gasteiger partial charge in [-0.3, -0.25) is 10.1 Å². The van der Waals surface area contributed by atoms with Crippen molar-refractivity contribution < 1.29 is 4.92 Å². The summed E-state index contributed by atoms with van der Waals surface area (Å²) in [6.07, 6.45) is 4.62. The van der Waals surface area contributed by atoms with E-state index in [1.165, 1.54) is 31.0 Å². The Kier molecular flexibility index (Phi) is 5.36. The van der Waals surface area contributed by atoms with Gasteiger partial charge < -0.3 is 10.2 Å². The van der Waals surface area contributed by atoms with Crippen molar-refractivity contribution in [3.05, 3.63) is 33.3 Å². The minimum absolute atomic E-state index is 0.00591. The molecule has 0 radical (unpaired) electrons. The summed E-state index contributed by atoms with van der Waals surface area (Å²) in [4.78, 5) is 12.5. The fourth-order valence-corrected chi connectivity index (χ4v) is 3.03. The van der Waals surface area contributed by atoms with Gasteiger partial charge in [0.2, 0.25) is 0 Å². The highest BCUT2D eigenvalue weighted by Gasteiger charge is 2.20. The van der Waals surface area contributed by atoms with Gasteiger partial charge in [-0.2, -0.15) is 0 Å². The Morgan fingerprint density at radius 2 is 2.24 bits per heavy atom. The van der Waals surface area contributed by atoms with E-state index in [4.69, 9.17) is 23.8 Å². The standard InChI is InChI=1S/C14H18ClN3O2S/c1-10-5-3-2-4-8-17(10)14(21)16-13-9-11(18(19)20)6-7-12(13)15/h6-7,9-10H,2-5,8H2,1H3,(H,16,21). The van der Waals surface area contributed by atoms with Crippen molar-refractivity contribution in [2.45, 2.75) is 38.6 Å². The number of halogens is 1. The van der Waals surface area contributed by atoms with Crippen LogP contribution in [-0.2, 0) is 0 Å². The van der Waals surface area contributed by atoms with Crippen molar-refractivity contribution in [3.8, 4) is 0 Å².